The maximum absolute atomic E-state index is 13.1. The zero-order valence-electron chi connectivity index (χ0n) is 16.4. The first kappa shape index (κ1) is 18.3. The van der Waals surface area contributed by atoms with Crippen molar-refractivity contribution in [3.05, 3.63) is 34.9 Å². The van der Waals surface area contributed by atoms with E-state index in [0.717, 1.165) is 38.5 Å². The third kappa shape index (κ3) is 2.94. The average molecular weight is 395 g/mol. The maximum atomic E-state index is 13.1. The first-order chi connectivity index (χ1) is 14.0. The molecule has 2 saturated heterocycles. The van der Waals surface area contributed by atoms with Crippen molar-refractivity contribution in [2.24, 2.45) is 5.41 Å². The molecule has 1 aromatic carbocycles. The monoisotopic (exact) mass is 395 g/mol. The molecule has 1 saturated carbocycles. The quantitative estimate of drug-likeness (QED) is 0.776. The molecular weight excluding hydrogens is 370 g/mol. The summed E-state index contributed by atoms with van der Waals surface area (Å²) in [5.41, 5.74) is 1.02. The van der Waals surface area contributed by atoms with Gasteiger partial charge in [0, 0.05) is 43.1 Å². The van der Waals surface area contributed by atoms with Gasteiger partial charge in [-0.25, -0.2) is 0 Å². The predicted molar refractivity (Wildman–Crippen MR) is 104 cm³/mol. The minimum Gasteiger partial charge on any atom is -0.355 e. The van der Waals surface area contributed by atoms with Crippen molar-refractivity contribution >= 4 is 23.6 Å². The molecule has 1 unspecified atom stereocenters. The number of nitrogens with one attached hydrogen (secondary N) is 1. The lowest BCUT2D eigenvalue weighted by Crippen LogP contribution is -2.40. The van der Waals surface area contributed by atoms with E-state index < -0.39 is 0 Å². The Morgan fingerprint density at radius 1 is 1.03 bits per heavy atom. The van der Waals surface area contributed by atoms with Gasteiger partial charge in [0.1, 0.15) is 0 Å². The molecule has 1 spiro atoms. The Hall–Kier alpha value is -2.70. The molecule has 152 valence electrons. The topological polar surface area (TPSA) is 86.8 Å². The maximum Gasteiger partial charge on any atom is 0.261 e. The molecule has 0 bridgehead atoms. The lowest BCUT2D eigenvalue weighted by molar-refractivity contribution is -0.119. The number of likely N-dealkylation sites (tertiary alicyclic amines) is 1. The number of imide groups is 1. The van der Waals surface area contributed by atoms with Crippen molar-refractivity contribution in [2.75, 3.05) is 19.6 Å². The van der Waals surface area contributed by atoms with Crippen LogP contribution in [0.2, 0.25) is 0 Å². The van der Waals surface area contributed by atoms with Crippen molar-refractivity contribution in [3.63, 3.8) is 0 Å². The molecule has 1 aliphatic carbocycles. The molecule has 0 aromatic heterocycles. The first-order valence-electron chi connectivity index (χ1n) is 10.6. The highest BCUT2D eigenvalue weighted by Crippen LogP contribution is 2.37. The van der Waals surface area contributed by atoms with Crippen molar-refractivity contribution < 1.29 is 19.2 Å². The summed E-state index contributed by atoms with van der Waals surface area (Å²) < 4.78 is 0. The van der Waals surface area contributed by atoms with Crippen molar-refractivity contribution in [1.29, 1.82) is 0 Å². The molecule has 1 atom stereocenters. The molecule has 7 nitrogen and oxygen atoms in total. The van der Waals surface area contributed by atoms with Crippen molar-refractivity contribution in [3.8, 4) is 0 Å². The number of nitrogens with zero attached hydrogens (tertiary/aromatic N) is 2. The molecular formula is C22H25N3O4. The van der Waals surface area contributed by atoms with Gasteiger partial charge in [0.15, 0.2) is 0 Å². The summed E-state index contributed by atoms with van der Waals surface area (Å²) in [6, 6.07) is 4.84. The minimum atomic E-state index is -0.268. The molecule has 29 heavy (non-hydrogen) atoms. The van der Waals surface area contributed by atoms with Crippen molar-refractivity contribution in [2.45, 2.75) is 51.0 Å². The Labute approximate surface area is 169 Å². The second kappa shape index (κ2) is 6.68. The second-order valence-corrected chi connectivity index (χ2v) is 8.96. The molecule has 1 N–H and O–H groups in total. The van der Waals surface area contributed by atoms with Gasteiger partial charge in [0.2, 0.25) is 5.91 Å². The zero-order valence-corrected chi connectivity index (χ0v) is 16.4. The summed E-state index contributed by atoms with van der Waals surface area (Å²) in [5, 5.41) is 2.87. The average Bonchev–Trinajstić information content (AvgIpc) is 3.39. The van der Waals surface area contributed by atoms with Gasteiger partial charge in [-0.15, -0.1) is 0 Å². The van der Waals surface area contributed by atoms with Gasteiger partial charge in [0.25, 0.3) is 17.7 Å². The van der Waals surface area contributed by atoms with Crippen LogP contribution in [0.1, 0.15) is 76.0 Å². The second-order valence-electron chi connectivity index (χ2n) is 8.96. The fourth-order valence-electron chi connectivity index (χ4n) is 5.39. The Kier molecular flexibility index (Phi) is 4.22. The molecule has 0 radical (unpaired) electrons. The molecule has 1 aromatic rings. The van der Waals surface area contributed by atoms with Crippen LogP contribution in [0.25, 0.3) is 0 Å². The molecule has 5 rings (SSSR count). The summed E-state index contributed by atoms with van der Waals surface area (Å²) in [5.74, 6) is -0.592. The van der Waals surface area contributed by atoms with Crippen LogP contribution in [0.4, 0.5) is 0 Å². The van der Waals surface area contributed by atoms with Crippen LogP contribution in [0, 0.1) is 5.41 Å². The number of benzene rings is 1. The highest BCUT2D eigenvalue weighted by molar-refractivity contribution is 6.22. The third-order valence-electron chi connectivity index (χ3n) is 7.03. The van der Waals surface area contributed by atoms with Crippen LogP contribution in [0.5, 0.6) is 0 Å². The normalized spacial score (nSPS) is 27.1. The minimum absolute atomic E-state index is 0.0267. The summed E-state index contributed by atoms with van der Waals surface area (Å²) in [6.07, 6.45) is 6.21. The number of hydrogen-bond acceptors (Lipinski definition) is 4. The Bertz CT molecular complexity index is 921. The fraction of sp³-hybridized carbons (Fsp3) is 0.545. The summed E-state index contributed by atoms with van der Waals surface area (Å²) in [7, 11) is 0. The van der Waals surface area contributed by atoms with Crippen LogP contribution in [-0.4, -0.2) is 59.1 Å². The first-order valence-corrected chi connectivity index (χ1v) is 10.6. The highest BCUT2D eigenvalue weighted by Gasteiger charge is 2.46. The molecule has 3 fully saturated rings. The van der Waals surface area contributed by atoms with E-state index in [1.807, 2.05) is 0 Å². The van der Waals surface area contributed by atoms with E-state index >= 15 is 0 Å². The van der Waals surface area contributed by atoms with E-state index in [1.165, 1.54) is 4.90 Å². The number of hydrogen-bond donors (Lipinski definition) is 1. The smallest absolute Gasteiger partial charge is 0.261 e. The molecule has 4 amide bonds. The van der Waals surface area contributed by atoms with Crippen LogP contribution in [0.15, 0.2) is 18.2 Å². The fourth-order valence-corrected chi connectivity index (χ4v) is 5.39. The van der Waals surface area contributed by atoms with E-state index in [9.17, 15) is 19.2 Å². The van der Waals surface area contributed by atoms with E-state index in [-0.39, 0.29) is 35.1 Å². The Morgan fingerprint density at radius 2 is 1.79 bits per heavy atom. The third-order valence-corrected chi connectivity index (χ3v) is 7.03. The summed E-state index contributed by atoms with van der Waals surface area (Å²) in [6.45, 7) is 1.76. The number of fused-ring (bicyclic) bond motifs is 1. The largest absolute Gasteiger partial charge is 0.355 e. The van der Waals surface area contributed by atoms with Crippen LogP contribution in [-0.2, 0) is 4.79 Å². The lowest BCUT2D eigenvalue weighted by atomic mass is 9.86. The molecule has 3 aliphatic heterocycles. The van der Waals surface area contributed by atoms with Gasteiger partial charge in [-0.05, 0) is 37.5 Å². The molecule has 7 heteroatoms. The van der Waals surface area contributed by atoms with Gasteiger partial charge in [-0.1, -0.05) is 19.3 Å². The SMILES string of the molecule is O=C1CC2(CCN(C(=O)c3ccc4c(c3)C(=O)N(C3CCCCC3)C4=O)C2)CN1. The highest BCUT2D eigenvalue weighted by atomic mass is 16.2. The zero-order chi connectivity index (χ0) is 20.2. The number of carbonyl (C=O) groups is 4. The van der Waals surface area contributed by atoms with Gasteiger partial charge in [0.05, 0.1) is 11.1 Å². The Balaban J connectivity index is 1.36. The van der Waals surface area contributed by atoms with E-state index in [2.05, 4.69) is 5.32 Å². The number of amides is 4. The van der Waals surface area contributed by atoms with E-state index in [0.29, 0.717) is 42.7 Å². The standard InChI is InChI=1S/C22H25N3O4/c26-18-11-22(12-23-18)8-9-24(13-22)19(27)14-6-7-16-17(10-14)21(29)25(20(16)28)15-4-2-1-3-5-15/h6-7,10,15H,1-5,8-9,11-13H2,(H,23,26). The van der Waals surface area contributed by atoms with Crippen LogP contribution < -0.4 is 5.32 Å². The van der Waals surface area contributed by atoms with Gasteiger partial charge in [-0.2, -0.15) is 0 Å². The molecule has 4 aliphatic rings. The number of rotatable bonds is 2. The van der Waals surface area contributed by atoms with Crippen LogP contribution in [0.3, 0.4) is 0 Å². The summed E-state index contributed by atoms with van der Waals surface area (Å²) in [4.78, 5) is 53.6. The van der Waals surface area contributed by atoms with Gasteiger partial charge < -0.3 is 10.2 Å². The summed E-state index contributed by atoms with van der Waals surface area (Å²) >= 11 is 0. The molecule has 3 heterocycles. The van der Waals surface area contributed by atoms with E-state index in [1.54, 1.807) is 23.1 Å². The van der Waals surface area contributed by atoms with E-state index in [4.69, 9.17) is 0 Å². The Morgan fingerprint density at radius 3 is 2.52 bits per heavy atom. The van der Waals surface area contributed by atoms with Crippen LogP contribution >= 0.6 is 0 Å². The lowest BCUT2D eigenvalue weighted by Gasteiger charge is -2.29. The van der Waals surface area contributed by atoms with Gasteiger partial charge in [-0.3, -0.25) is 24.1 Å². The number of carbonyl (C=O) groups excluding carboxylic acids is 4. The van der Waals surface area contributed by atoms with Crippen molar-refractivity contribution in [1.82, 2.24) is 15.1 Å². The predicted octanol–water partition coefficient (Wildman–Crippen LogP) is 1.97. The van der Waals surface area contributed by atoms with Gasteiger partial charge >= 0.3 is 0 Å².